The fourth-order valence-electron chi connectivity index (χ4n) is 1.94. The molecule has 0 radical (unpaired) electrons. The van der Waals surface area contributed by atoms with Crippen molar-refractivity contribution in [1.82, 2.24) is 9.55 Å². The molecule has 1 heterocycles. The number of nitrogens with zero attached hydrogens (tertiary/aromatic N) is 1. The number of aromatic amines is 1. The van der Waals surface area contributed by atoms with Gasteiger partial charge in [0.05, 0.1) is 12.3 Å². The number of H-pyrrole nitrogens is 1. The van der Waals surface area contributed by atoms with Crippen molar-refractivity contribution in [3.05, 3.63) is 57.4 Å². The quantitative estimate of drug-likeness (QED) is 0.687. The van der Waals surface area contributed by atoms with Crippen LogP contribution in [0.5, 0.6) is 5.75 Å². The van der Waals surface area contributed by atoms with Crippen LogP contribution >= 0.6 is 0 Å². The highest BCUT2D eigenvalue weighted by Gasteiger charge is 2.11. The zero-order valence-electron chi connectivity index (χ0n) is 13.5. The molecular weight excluding hydrogens is 330 g/mol. The van der Waals surface area contributed by atoms with E-state index in [1.165, 1.54) is 6.20 Å². The maximum absolute atomic E-state index is 11.9. The highest BCUT2D eigenvalue weighted by atomic mass is 16.5. The summed E-state index contributed by atoms with van der Waals surface area (Å²) in [5.74, 6) is -0.832. The van der Waals surface area contributed by atoms with E-state index in [-0.39, 0.29) is 0 Å². The first-order valence-corrected chi connectivity index (χ1v) is 7.46. The number of nitrogens with one attached hydrogen (secondary N) is 2. The number of carbonyl (C=O) groups excluding carboxylic acids is 2. The smallest absolute Gasteiger partial charge is 0.328 e. The molecule has 0 bridgehead atoms. The second kappa shape index (κ2) is 8.48. The zero-order valence-corrected chi connectivity index (χ0v) is 13.5. The Bertz CT molecular complexity index is 870. The highest BCUT2D eigenvalue weighted by molar-refractivity contribution is 5.94. The Hall–Kier alpha value is -3.36. The summed E-state index contributed by atoms with van der Waals surface area (Å²) in [4.78, 5) is 48.0. The molecule has 0 fully saturated rings. The van der Waals surface area contributed by atoms with Crippen LogP contribution in [0.4, 0.5) is 5.69 Å². The van der Waals surface area contributed by atoms with Crippen molar-refractivity contribution < 1.29 is 19.1 Å². The molecule has 0 aliphatic heterocycles. The summed E-state index contributed by atoms with van der Waals surface area (Å²) in [6.07, 6.45) is 1.17. The number of hydrogen-bond acceptors (Lipinski definition) is 6. The molecule has 1 amide bonds. The molecule has 0 saturated heterocycles. The number of para-hydroxylation sites is 2. The summed E-state index contributed by atoms with van der Waals surface area (Å²) in [5.41, 5.74) is -0.844. The van der Waals surface area contributed by atoms with Gasteiger partial charge in [-0.25, -0.2) is 4.79 Å². The lowest BCUT2D eigenvalue weighted by molar-refractivity contribution is -0.148. The Labute approximate surface area is 142 Å². The third-order valence-corrected chi connectivity index (χ3v) is 3.02. The summed E-state index contributed by atoms with van der Waals surface area (Å²) in [7, 11) is 0. The maximum Gasteiger partial charge on any atom is 0.328 e. The number of esters is 1. The van der Waals surface area contributed by atoms with Crippen molar-refractivity contribution in [2.45, 2.75) is 13.5 Å². The molecule has 0 unspecified atom stereocenters. The van der Waals surface area contributed by atoms with Gasteiger partial charge in [0.2, 0.25) is 0 Å². The number of amides is 1. The van der Waals surface area contributed by atoms with Crippen LogP contribution in [0.15, 0.2) is 46.1 Å². The molecule has 132 valence electrons. The van der Waals surface area contributed by atoms with Gasteiger partial charge in [0.15, 0.2) is 6.61 Å². The minimum absolute atomic E-state index is 0.418. The van der Waals surface area contributed by atoms with E-state index < -0.39 is 36.3 Å². The first-order valence-electron chi connectivity index (χ1n) is 7.46. The van der Waals surface area contributed by atoms with E-state index in [2.05, 4.69) is 5.32 Å². The lowest BCUT2D eigenvalue weighted by Gasteiger charge is -2.11. The van der Waals surface area contributed by atoms with Gasteiger partial charge in [0.1, 0.15) is 12.3 Å². The minimum Gasteiger partial charge on any atom is -0.492 e. The average Bonchev–Trinajstić information content (AvgIpc) is 2.58. The molecule has 9 heteroatoms. The Morgan fingerprint density at radius 2 is 1.96 bits per heavy atom. The van der Waals surface area contributed by atoms with Crippen molar-refractivity contribution in [2.24, 2.45) is 0 Å². The first kappa shape index (κ1) is 18.0. The van der Waals surface area contributed by atoms with Gasteiger partial charge in [-0.2, -0.15) is 0 Å². The van der Waals surface area contributed by atoms with Crippen LogP contribution in [0.2, 0.25) is 0 Å². The monoisotopic (exact) mass is 347 g/mol. The molecule has 2 N–H and O–H groups in total. The Morgan fingerprint density at radius 1 is 1.20 bits per heavy atom. The molecule has 0 aliphatic rings. The third kappa shape index (κ3) is 5.34. The van der Waals surface area contributed by atoms with E-state index in [0.29, 0.717) is 18.0 Å². The molecule has 0 spiro atoms. The number of hydrogen-bond donors (Lipinski definition) is 2. The van der Waals surface area contributed by atoms with Crippen molar-refractivity contribution in [3.63, 3.8) is 0 Å². The zero-order chi connectivity index (χ0) is 18.2. The molecule has 25 heavy (non-hydrogen) atoms. The van der Waals surface area contributed by atoms with Crippen LogP contribution in [0.3, 0.4) is 0 Å². The Balaban J connectivity index is 1.88. The van der Waals surface area contributed by atoms with Crippen LogP contribution in [0, 0.1) is 0 Å². The largest absolute Gasteiger partial charge is 0.492 e. The number of rotatable bonds is 7. The van der Waals surface area contributed by atoms with Gasteiger partial charge in [-0.3, -0.25) is 23.9 Å². The second-order valence-electron chi connectivity index (χ2n) is 4.88. The van der Waals surface area contributed by atoms with Gasteiger partial charge in [0.25, 0.3) is 11.5 Å². The van der Waals surface area contributed by atoms with Crippen LogP contribution in [-0.2, 0) is 20.9 Å². The van der Waals surface area contributed by atoms with Crippen molar-refractivity contribution in [2.75, 3.05) is 18.5 Å². The summed E-state index contributed by atoms with van der Waals surface area (Å²) in [6, 6.07) is 7.96. The van der Waals surface area contributed by atoms with Gasteiger partial charge < -0.3 is 14.8 Å². The number of ether oxygens (including phenoxy) is 2. The van der Waals surface area contributed by atoms with E-state index in [1.54, 1.807) is 24.3 Å². The fraction of sp³-hybridized carbons (Fsp3) is 0.250. The number of anilines is 1. The topological polar surface area (TPSA) is 119 Å². The normalized spacial score (nSPS) is 10.1. The fourth-order valence-corrected chi connectivity index (χ4v) is 1.94. The summed E-state index contributed by atoms with van der Waals surface area (Å²) < 4.78 is 11.2. The standard InChI is InChI=1S/C16H17N3O6/c1-2-24-12-6-4-3-5-11(12)17-14(21)10-25-15(22)9-19-8-7-13(20)18-16(19)23/h3-8H,2,9-10H2,1H3,(H,17,21)(H,18,20,23). The van der Waals surface area contributed by atoms with Crippen molar-refractivity contribution >= 4 is 17.6 Å². The lowest BCUT2D eigenvalue weighted by Crippen LogP contribution is -2.32. The summed E-state index contributed by atoms with van der Waals surface area (Å²) in [5, 5.41) is 2.58. The average molecular weight is 347 g/mol. The molecule has 2 rings (SSSR count). The molecule has 1 aromatic heterocycles. The molecule has 0 saturated carbocycles. The van der Waals surface area contributed by atoms with Crippen LogP contribution < -0.4 is 21.3 Å². The minimum atomic E-state index is -0.789. The molecule has 1 aromatic carbocycles. The van der Waals surface area contributed by atoms with Gasteiger partial charge >= 0.3 is 11.7 Å². The third-order valence-electron chi connectivity index (χ3n) is 3.02. The van der Waals surface area contributed by atoms with E-state index in [1.807, 2.05) is 11.9 Å². The highest BCUT2D eigenvalue weighted by Crippen LogP contribution is 2.23. The van der Waals surface area contributed by atoms with Gasteiger partial charge in [0, 0.05) is 12.3 Å². The van der Waals surface area contributed by atoms with Crippen molar-refractivity contribution in [1.29, 1.82) is 0 Å². The number of benzene rings is 1. The molecule has 0 atom stereocenters. The number of aromatic nitrogens is 2. The van der Waals surface area contributed by atoms with E-state index >= 15 is 0 Å². The van der Waals surface area contributed by atoms with Crippen LogP contribution in [0.25, 0.3) is 0 Å². The first-order chi connectivity index (χ1) is 12.0. The predicted octanol–water partition coefficient (Wildman–Crippen LogP) is 0.117. The van der Waals surface area contributed by atoms with E-state index in [9.17, 15) is 19.2 Å². The molecule has 2 aromatic rings. The summed E-state index contributed by atoms with van der Waals surface area (Å²) >= 11 is 0. The van der Waals surface area contributed by atoms with Crippen molar-refractivity contribution in [3.8, 4) is 5.75 Å². The SMILES string of the molecule is CCOc1ccccc1NC(=O)COC(=O)Cn1ccc(=O)[nH]c1=O. The van der Waals surface area contributed by atoms with Gasteiger partial charge in [-0.15, -0.1) is 0 Å². The molecule has 0 aliphatic carbocycles. The maximum atomic E-state index is 11.9. The Morgan fingerprint density at radius 3 is 2.68 bits per heavy atom. The lowest BCUT2D eigenvalue weighted by atomic mass is 10.3. The van der Waals surface area contributed by atoms with E-state index in [0.717, 1.165) is 10.6 Å². The predicted molar refractivity (Wildman–Crippen MR) is 88.5 cm³/mol. The van der Waals surface area contributed by atoms with Crippen LogP contribution in [0.1, 0.15) is 6.92 Å². The summed E-state index contributed by atoms with van der Waals surface area (Å²) in [6.45, 7) is 1.32. The van der Waals surface area contributed by atoms with Gasteiger partial charge in [-0.05, 0) is 19.1 Å². The van der Waals surface area contributed by atoms with Gasteiger partial charge in [-0.1, -0.05) is 12.1 Å². The van der Waals surface area contributed by atoms with E-state index in [4.69, 9.17) is 9.47 Å². The molecule has 9 nitrogen and oxygen atoms in total. The molecular formula is C16H17N3O6. The Kier molecular flexibility index (Phi) is 6.10. The number of carbonyl (C=O) groups is 2. The second-order valence-corrected chi connectivity index (χ2v) is 4.88. The van der Waals surface area contributed by atoms with Crippen LogP contribution in [-0.4, -0.2) is 34.6 Å².